The highest BCUT2D eigenvalue weighted by molar-refractivity contribution is 5.64. The SMILES string of the molecule is CCCC=CC1CCC(c2ccc(-c3ccc(CC)cc3)cc2)CC1. The van der Waals surface area contributed by atoms with Crippen LogP contribution in [0.5, 0.6) is 0 Å². The molecule has 0 N–H and O–H groups in total. The number of aryl methyl sites for hydroxylation is 1. The first kappa shape index (κ1) is 18.0. The fourth-order valence-corrected chi connectivity index (χ4v) is 3.98. The lowest BCUT2D eigenvalue weighted by atomic mass is 9.78. The lowest BCUT2D eigenvalue weighted by molar-refractivity contribution is 0.375. The fraction of sp³-hybridized carbons (Fsp3) is 0.440. The van der Waals surface area contributed by atoms with E-state index in [9.17, 15) is 0 Å². The highest BCUT2D eigenvalue weighted by atomic mass is 14.3. The zero-order valence-corrected chi connectivity index (χ0v) is 15.9. The predicted octanol–water partition coefficient (Wildman–Crippen LogP) is 7.55. The second-order valence-electron chi connectivity index (χ2n) is 7.50. The summed E-state index contributed by atoms with van der Waals surface area (Å²) in [4.78, 5) is 0. The average Bonchev–Trinajstić information content (AvgIpc) is 2.69. The molecule has 0 spiro atoms. The lowest BCUT2D eigenvalue weighted by Crippen LogP contribution is -2.11. The zero-order valence-electron chi connectivity index (χ0n) is 15.9. The molecule has 2 aromatic carbocycles. The molecule has 0 bridgehead atoms. The Morgan fingerprint density at radius 1 is 0.800 bits per heavy atom. The van der Waals surface area contributed by atoms with Crippen LogP contribution in [-0.2, 0) is 6.42 Å². The highest BCUT2D eigenvalue weighted by Gasteiger charge is 2.20. The minimum absolute atomic E-state index is 0.757. The molecule has 0 aliphatic heterocycles. The average molecular weight is 333 g/mol. The Bertz CT molecular complexity index is 652. The maximum Gasteiger partial charge on any atom is -0.0162 e. The maximum atomic E-state index is 2.47. The van der Waals surface area contributed by atoms with Gasteiger partial charge in [0, 0.05) is 0 Å². The predicted molar refractivity (Wildman–Crippen MR) is 110 cm³/mol. The van der Waals surface area contributed by atoms with E-state index in [1.165, 1.54) is 60.8 Å². The number of hydrogen-bond donors (Lipinski definition) is 0. The van der Waals surface area contributed by atoms with E-state index in [0.717, 1.165) is 18.3 Å². The van der Waals surface area contributed by atoms with Crippen LogP contribution in [0.25, 0.3) is 11.1 Å². The number of rotatable bonds is 6. The van der Waals surface area contributed by atoms with Gasteiger partial charge in [0.25, 0.3) is 0 Å². The molecular formula is C25H32. The van der Waals surface area contributed by atoms with E-state index in [2.05, 4.69) is 74.5 Å². The Balaban J connectivity index is 1.59. The van der Waals surface area contributed by atoms with Gasteiger partial charge in [-0.3, -0.25) is 0 Å². The molecule has 0 amide bonds. The number of benzene rings is 2. The van der Waals surface area contributed by atoms with E-state index in [0.29, 0.717) is 0 Å². The van der Waals surface area contributed by atoms with E-state index in [1.54, 1.807) is 0 Å². The molecule has 1 fully saturated rings. The van der Waals surface area contributed by atoms with Gasteiger partial charge in [-0.25, -0.2) is 0 Å². The van der Waals surface area contributed by atoms with Gasteiger partial charge >= 0.3 is 0 Å². The summed E-state index contributed by atoms with van der Waals surface area (Å²) in [6.45, 7) is 4.46. The van der Waals surface area contributed by atoms with Crippen LogP contribution in [0.2, 0.25) is 0 Å². The summed E-state index contributed by atoms with van der Waals surface area (Å²) < 4.78 is 0. The van der Waals surface area contributed by atoms with Gasteiger partial charge in [-0.1, -0.05) is 81.0 Å². The standard InChI is InChI=1S/C25H32/c1-3-5-6-7-21-10-14-23(15-11-21)25-18-16-24(17-19-25)22-12-8-20(4-2)9-13-22/h6-9,12-13,16-19,21,23H,3-5,10-11,14-15H2,1-2H3. The molecule has 0 nitrogen and oxygen atoms in total. The molecule has 1 saturated carbocycles. The van der Waals surface area contributed by atoms with E-state index < -0.39 is 0 Å². The second-order valence-corrected chi connectivity index (χ2v) is 7.50. The Hall–Kier alpha value is -1.82. The molecule has 0 radical (unpaired) electrons. The van der Waals surface area contributed by atoms with Gasteiger partial charge < -0.3 is 0 Å². The van der Waals surface area contributed by atoms with Crippen molar-refractivity contribution < 1.29 is 0 Å². The van der Waals surface area contributed by atoms with Crippen molar-refractivity contribution in [3.63, 3.8) is 0 Å². The van der Waals surface area contributed by atoms with Crippen LogP contribution in [0.15, 0.2) is 60.7 Å². The van der Waals surface area contributed by atoms with Crippen LogP contribution in [0.1, 0.15) is 69.4 Å². The van der Waals surface area contributed by atoms with Gasteiger partial charge in [-0.2, -0.15) is 0 Å². The number of unbranched alkanes of at least 4 members (excludes halogenated alkanes) is 1. The van der Waals surface area contributed by atoms with Gasteiger partial charge in [0.15, 0.2) is 0 Å². The van der Waals surface area contributed by atoms with Crippen molar-refractivity contribution in [2.45, 2.75) is 64.7 Å². The van der Waals surface area contributed by atoms with Crippen molar-refractivity contribution in [2.75, 3.05) is 0 Å². The summed E-state index contributed by atoms with van der Waals surface area (Å²) in [7, 11) is 0. The Morgan fingerprint density at radius 3 is 1.96 bits per heavy atom. The highest BCUT2D eigenvalue weighted by Crippen LogP contribution is 2.37. The molecular weight excluding hydrogens is 300 g/mol. The molecule has 0 aromatic heterocycles. The van der Waals surface area contributed by atoms with Crippen LogP contribution in [0.4, 0.5) is 0 Å². The zero-order chi connectivity index (χ0) is 17.5. The van der Waals surface area contributed by atoms with Gasteiger partial charge in [-0.05, 0) is 72.6 Å². The molecule has 0 saturated heterocycles. The molecule has 1 aliphatic carbocycles. The van der Waals surface area contributed by atoms with Crippen LogP contribution < -0.4 is 0 Å². The van der Waals surface area contributed by atoms with Gasteiger partial charge in [-0.15, -0.1) is 0 Å². The topological polar surface area (TPSA) is 0 Å². The summed E-state index contributed by atoms with van der Waals surface area (Å²) in [5, 5.41) is 0. The van der Waals surface area contributed by atoms with Gasteiger partial charge in [0.1, 0.15) is 0 Å². The van der Waals surface area contributed by atoms with Crippen molar-refractivity contribution in [1.82, 2.24) is 0 Å². The minimum atomic E-state index is 0.757. The van der Waals surface area contributed by atoms with Crippen LogP contribution in [0.3, 0.4) is 0 Å². The molecule has 3 rings (SSSR count). The van der Waals surface area contributed by atoms with Crippen LogP contribution in [0, 0.1) is 5.92 Å². The van der Waals surface area contributed by atoms with E-state index in [4.69, 9.17) is 0 Å². The lowest BCUT2D eigenvalue weighted by Gasteiger charge is -2.27. The van der Waals surface area contributed by atoms with Crippen molar-refractivity contribution in [3.05, 3.63) is 71.8 Å². The van der Waals surface area contributed by atoms with Gasteiger partial charge in [0.2, 0.25) is 0 Å². The summed E-state index contributed by atoms with van der Waals surface area (Å²) in [5.41, 5.74) is 5.60. The largest absolute Gasteiger partial charge is 0.0883 e. The van der Waals surface area contributed by atoms with E-state index in [-0.39, 0.29) is 0 Å². The maximum absolute atomic E-state index is 2.47. The molecule has 2 aromatic rings. The first-order chi connectivity index (χ1) is 12.3. The molecule has 25 heavy (non-hydrogen) atoms. The van der Waals surface area contributed by atoms with E-state index in [1.807, 2.05) is 0 Å². The summed E-state index contributed by atoms with van der Waals surface area (Å²) >= 11 is 0. The monoisotopic (exact) mass is 332 g/mol. The summed E-state index contributed by atoms with van der Waals surface area (Å²) in [5.74, 6) is 1.58. The Kier molecular flexibility index (Phi) is 6.50. The van der Waals surface area contributed by atoms with Crippen molar-refractivity contribution >= 4 is 0 Å². The van der Waals surface area contributed by atoms with Crippen LogP contribution >= 0.6 is 0 Å². The second kappa shape index (κ2) is 9.04. The first-order valence-corrected chi connectivity index (χ1v) is 10.2. The van der Waals surface area contributed by atoms with Crippen molar-refractivity contribution in [3.8, 4) is 11.1 Å². The molecule has 1 aliphatic rings. The van der Waals surface area contributed by atoms with Gasteiger partial charge in [0.05, 0.1) is 0 Å². The van der Waals surface area contributed by atoms with Crippen molar-refractivity contribution in [1.29, 1.82) is 0 Å². The minimum Gasteiger partial charge on any atom is -0.0883 e. The normalized spacial score (nSPS) is 20.9. The third kappa shape index (κ3) is 4.84. The molecule has 0 unspecified atom stereocenters. The fourth-order valence-electron chi connectivity index (χ4n) is 3.98. The molecule has 0 heterocycles. The quantitative estimate of drug-likeness (QED) is 0.479. The van der Waals surface area contributed by atoms with Crippen molar-refractivity contribution in [2.24, 2.45) is 5.92 Å². The first-order valence-electron chi connectivity index (χ1n) is 10.2. The number of hydrogen-bond acceptors (Lipinski definition) is 0. The third-order valence-corrected chi connectivity index (χ3v) is 5.71. The molecule has 132 valence electrons. The van der Waals surface area contributed by atoms with Crippen LogP contribution in [-0.4, -0.2) is 0 Å². The Labute approximate surface area is 154 Å². The Morgan fingerprint density at radius 2 is 1.40 bits per heavy atom. The van der Waals surface area contributed by atoms with E-state index >= 15 is 0 Å². The third-order valence-electron chi connectivity index (χ3n) is 5.71. The number of allylic oxidation sites excluding steroid dienone is 2. The molecule has 0 heteroatoms. The smallest absolute Gasteiger partial charge is 0.0162 e. The molecule has 0 atom stereocenters. The summed E-state index contributed by atoms with van der Waals surface area (Å²) in [6, 6.07) is 18.3. The summed E-state index contributed by atoms with van der Waals surface area (Å²) in [6.07, 6.45) is 13.9.